The first-order chi connectivity index (χ1) is 17.0. The summed E-state index contributed by atoms with van der Waals surface area (Å²) in [6.07, 6.45) is 5.68. The number of thiazole rings is 1. The van der Waals surface area contributed by atoms with Crippen LogP contribution in [0, 0.1) is 23.1 Å². The Balaban J connectivity index is 1.75. The number of aromatic nitrogens is 1. The molecule has 1 fully saturated rings. The van der Waals surface area contributed by atoms with Crippen LogP contribution in [-0.2, 0) is 4.79 Å². The molecule has 1 aliphatic rings. The SMILES string of the molecule is N#Cc1ccc(C(=C(c2ccc(C=CC(=O)O)cc2)c2ccc3scnc3c2)C2CCC2)c(F)c1. The molecule has 4 nitrogen and oxygen atoms in total. The van der Waals surface area contributed by atoms with Crippen molar-refractivity contribution in [2.24, 2.45) is 5.92 Å². The molecular weight excluding hydrogens is 459 g/mol. The van der Waals surface area contributed by atoms with E-state index in [4.69, 9.17) is 5.11 Å². The van der Waals surface area contributed by atoms with Crippen LogP contribution in [0.15, 0.2) is 72.3 Å². The average molecular weight is 481 g/mol. The van der Waals surface area contributed by atoms with E-state index in [9.17, 15) is 10.1 Å². The second-order valence-electron chi connectivity index (χ2n) is 8.55. The summed E-state index contributed by atoms with van der Waals surface area (Å²) >= 11 is 1.57. The Morgan fingerprint density at radius 3 is 2.51 bits per heavy atom. The molecule has 0 bridgehead atoms. The minimum atomic E-state index is -1.00. The second kappa shape index (κ2) is 9.65. The molecule has 0 saturated heterocycles. The summed E-state index contributed by atoms with van der Waals surface area (Å²) in [4.78, 5) is 15.4. The Morgan fingerprint density at radius 1 is 1.09 bits per heavy atom. The molecule has 35 heavy (non-hydrogen) atoms. The molecule has 0 spiro atoms. The van der Waals surface area contributed by atoms with E-state index in [0.717, 1.165) is 63.4 Å². The molecule has 172 valence electrons. The zero-order chi connectivity index (χ0) is 24.4. The maximum Gasteiger partial charge on any atom is 0.328 e. The minimum absolute atomic E-state index is 0.199. The molecule has 0 atom stereocenters. The molecular formula is C29H21FN2O2S. The standard InChI is InChI=1S/C29H21FN2O2S/c30-24-14-19(16-31)6-11-23(24)29(20-2-1-3-20)28(22-10-12-26-25(15-22)32-17-35-26)21-8-4-18(5-9-21)7-13-27(33)34/h4-15,17,20H,1-3H2,(H,33,34). The summed E-state index contributed by atoms with van der Waals surface area (Å²) < 4.78 is 16.5. The third-order valence-corrected chi connectivity index (χ3v) is 7.22. The number of aliphatic carboxylic acids is 1. The number of hydrogen-bond acceptors (Lipinski definition) is 4. The molecule has 5 rings (SSSR count). The van der Waals surface area contributed by atoms with Crippen molar-refractivity contribution >= 4 is 44.7 Å². The Bertz CT molecular complexity index is 1520. The van der Waals surface area contributed by atoms with Crippen LogP contribution >= 0.6 is 11.3 Å². The number of nitriles is 1. The van der Waals surface area contributed by atoms with Crippen molar-refractivity contribution in [1.29, 1.82) is 5.26 Å². The van der Waals surface area contributed by atoms with Crippen LogP contribution in [-0.4, -0.2) is 16.1 Å². The summed E-state index contributed by atoms with van der Waals surface area (Å²) in [7, 11) is 0. The third kappa shape index (κ3) is 4.64. The van der Waals surface area contributed by atoms with Crippen LogP contribution in [0.1, 0.15) is 47.1 Å². The molecule has 6 heteroatoms. The van der Waals surface area contributed by atoms with Crippen molar-refractivity contribution in [3.8, 4) is 6.07 Å². The lowest BCUT2D eigenvalue weighted by atomic mass is 9.73. The van der Waals surface area contributed by atoms with Gasteiger partial charge >= 0.3 is 5.97 Å². The first kappa shape index (κ1) is 22.7. The van der Waals surface area contributed by atoms with E-state index in [2.05, 4.69) is 4.98 Å². The van der Waals surface area contributed by atoms with E-state index in [1.165, 1.54) is 6.07 Å². The van der Waals surface area contributed by atoms with Gasteiger partial charge in [0.05, 0.1) is 27.4 Å². The van der Waals surface area contributed by atoms with Crippen molar-refractivity contribution in [2.75, 3.05) is 0 Å². The summed E-state index contributed by atoms with van der Waals surface area (Å²) in [6.45, 7) is 0. The third-order valence-electron chi connectivity index (χ3n) is 6.41. The lowest BCUT2D eigenvalue weighted by Crippen LogP contribution is -2.16. The first-order valence-electron chi connectivity index (χ1n) is 11.3. The van der Waals surface area contributed by atoms with Crippen LogP contribution in [0.3, 0.4) is 0 Å². The number of allylic oxidation sites excluding steroid dienone is 1. The van der Waals surface area contributed by atoms with Gasteiger partial charge in [0.1, 0.15) is 5.82 Å². The smallest absolute Gasteiger partial charge is 0.328 e. The number of fused-ring (bicyclic) bond motifs is 1. The van der Waals surface area contributed by atoms with Gasteiger partial charge in [-0.3, -0.25) is 0 Å². The van der Waals surface area contributed by atoms with Gasteiger partial charge in [-0.05, 0) is 76.9 Å². The maximum absolute atomic E-state index is 15.4. The monoisotopic (exact) mass is 480 g/mol. The summed E-state index contributed by atoms with van der Waals surface area (Å²) in [6, 6.07) is 20.5. The summed E-state index contributed by atoms with van der Waals surface area (Å²) in [5.74, 6) is -1.21. The quantitative estimate of drug-likeness (QED) is 0.235. The lowest BCUT2D eigenvalue weighted by molar-refractivity contribution is -0.131. The normalized spacial score (nSPS) is 14.5. The van der Waals surface area contributed by atoms with E-state index >= 15 is 4.39 Å². The Labute approximate surface area is 206 Å². The van der Waals surface area contributed by atoms with Gasteiger partial charge in [0.25, 0.3) is 0 Å². The zero-order valence-corrected chi connectivity index (χ0v) is 19.6. The molecule has 1 aromatic heterocycles. The van der Waals surface area contributed by atoms with E-state index < -0.39 is 11.8 Å². The number of benzene rings is 3. The van der Waals surface area contributed by atoms with E-state index in [1.54, 1.807) is 29.5 Å². The largest absolute Gasteiger partial charge is 0.478 e. The molecule has 1 saturated carbocycles. The van der Waals surface area contributed by atoms with Crippen LogP contribution in [0.4, 0.5) is 4.39 Å². The highest BCUT2D eigenvalue weighted by molar-refractivity contribution is 7.16. The molecule has 0 radical (unpaired) electrons. The van der Waals surface area contributed by atoms with Gasteiger partial charge in [-0.25, -0.2) is 14.2 Å². The predicted octanol–water partition coefficient (Wildman–Crippen LogP) is 7.16. The molecule has 1 heterocycles. The van der Waals surface area contributed by atoms with Crippen molar-refractivity contribution in [3.05, 3.63) is 106 Å². The fourth-order valence-corrected chi connectivity index (χ4v) is 5.14. The highest BCUT2D eigenvalue weighted by atomic mass is 32.1. The lowest BCUT2D eigenvalue weighted by Gasteiger charge is -2.32. The van der Waals surface area contributed by atoms with Crippen molar-refractivity contribution < 1.29 is 14.3 Å². The second-order valence-corrected chi connectivity index (χ2v) is 9.44. The van der Waals surface area contributed by atoms with Crippen LogP contribution in [0.25, 0.3) is 27.4 Å². The molecule has 0 amide bonds. The van der Waals surface area contributed by atoms with Crippen molar-refractivity contribution in [1.82, 2.24) is 4.98 Å². The number of halogens is 1. The topological polar surface area (TPSA) is 74.0 Å². The van der Waals surface area contributed by atoms with Gasteiger partial charge in [-0.15, -0.1) is 11.3 Å². The molecule has 0 aliphatic heterocycles. The Kier molecular flexibility index (Phi) is 6.26. The van der Waals surface area contributed by atoms with E-state index in [-0.39, 0.29) is 5.92 Å². The van der Waals surface area contributed by atoms with Crippen molar-refractivity contribution in [3.63, 3.8) is 0 Å². The van der Waals surface area contributed by atoms with Gasteiger partial charge in [0.2, 0.25) is 0 Å². The maximum atomic E-state index is 15.4. The molecule has 3 aromatic carbocycles. The van der Waals surface area contributed by atoms with Gasteiger partial charge < -0.3 is 5.11 Å². The number of rotatable bonds is 6. The number of nitrogens with zero attached hydrogens (tertiary/aromatic N) is 2. The number of hydrogen-bond donors (Lipinski definition) is 1. The molecule has 0 unspecified atom stereocenters. The van der Waals surface area contributed by atoms with Gasteiger partial charge in [-0.1, -0.05) is 42.8 Å². The fraction of sp³-hybridized carbons (Fsp3) is 0.138. The Hall–Kier alpha value is -4.08. The van der Waals surface area contributed by atoms with Gasteiger partial charge in [-0.2, -0.15) is 5.26 Å². The minimum Gasteiger partial charge on any atom is -0.478 e. The average Bonchev–Trinajstić information content (AvgIpc) is 3.30. The molecule has 1 aliphatic carbocycles. The highest BCUT2D eigenvalue weighted by Gasteiger charge is 2.29. The van der Waals surface area contributed by atoms with Crippen molar-refractivity contribution in [2.45, 2.75) is 19.3 Å². The molecule has 1 N–H and O–H groups in total. The summed E-state index contributed by atoms with van der Waals surface area (Å²) in [5, 5.41) is 18.2. The van der Waals surface area contributed by atoms with E-state index in [0.29, 0.717) is 11.1 Å². The number of carboxylic acid groups (broad SMARTS) is 1. The number of carboxylic acids is 1. The van der Waals surface area contributed by atoms with Crippen LogP contribution in [0.2, 0.25) is 0 Å². The van der Waals surface area contributed by atoms with Crippen LogP contribution < -0.4 is 0 Å². The molecule has 4 aromatic rings. The van der Waals surface area contributed by atoms with Gasteiger partial charge in [0, 0.05) is 11.6 Å². The highest BCUT2D eigenvalue weighted by Crippen LogP contribution is 2.46. The Morgan fingerprint density at radius 2 is 1.86 bits per heavy atom. The van der Waals surface area contributed by atoms with Gasteiger partial charge in [0.15, 0.2) is 0 Å². The van der Waals surface area contributed by atoms with Crippen LogP contribution in [0.5, 0.6) is 0 Å². The number of carbonyl (C=O) groups is 1. The zero-order valence-electron chi connectivity index (χ0n) is 18.7. The summed E-state index contributed by atoms with van der Waals surface area (Å²) in [5.41, 5.74) is 7.99. The predicted molar refractivity (Wildman–Crippen MR) is 137 cm³/mol. The fourth-order valence-electron chi connectivity index (χ4n) is 4.48. The first-order valence-corrected chi connectivity index (χ1v) is 12.2. The van der Waals surface area contributed by atoms with E-state index in [1.807, 2.05) is 54.0 Å².